The molecule has 2 aliphatic rings. The van der Waals surface area contributed by atoms with Crippen LogP contribution in [-0.4, -0.2) is 59.1 Å². The minimum atomic E-state index is -0.888. The van der Waals surface area contributed by atoms with Crippen LogP contribution in [0.15, 0.2) is 73.3 Å². The normalized spacial score (nSPS) is 18.6. The van der Waals surface area contributed by atoms with Crippen molar-refractivity contribution in [1.29, 1.82) is 0 Å². The summed E-state index contributed by atoms with van der Waals surface area (Å²) in [4.78, 5) is 20.6. The van der Waals surface area contributed by atoms with Gasteiger partial charge in [-0.25, -0.2) is 18.4 Å². The van der Waals surface area contributed by atoms with Gasteiger partial charge >= 0.3 is 0 Å². The summed E-state index contributed by atoms with van der Waals surface area (Å²) in [7, 11) is 1.86. The lowest BCUT2D eigenvalue weighted by molar-refractivity contribution is -0.121. The van der Waals surface area contributed by atoms with E-state index < -0.39 is 11.6 Å². The lowest BCUT2D eigenvalue weighted by Crippen LogP contribution is -2.41. The Hall–Kier alpha value is -4.64. The van der Waals surface area contributed by atoms with Crippen molar-refractivity contribution in [1.82, 2.24) is 39.3 Å². The number of aryl methyl sites for hydroxylation is 1. The SMILES string of the molecule is Cc1c(-c2cnn(C)c2)nn(-c2ccccc2)c1CC(=O)N[C@@H]1CN(Cc2nccn2C2CC2)C[C@H]1c1ccc(F)c(F)c1. The Kier molecular flexibility index (Phi) is 7.33. The average molecular weight is 597 g/mol. The maximum Gasteiger partial charge on any atom is 0.226 e. The first-order valence-corrected chi connectivity index (χ1v) is 15.0. The smallest absolute Gasteiger partial charge is 0.226 e. The summed E-state index contributed by atoms with van der Waals surface area (Å²) in [5.41, 5.74) is 4.82. The highest BCUT2D eigenvalue weighted by Crippen LogP contribution is 2.36. The number of benzene rings is 2. The molecule has 0 bridgehead atoms. The number of hydrogen-bond donors (Lipinski definition) is 1. The van der Waals surface area contributed by atoms with Gasteiger partial charge in [0.2, 0.25) is 5.91 Å². The molecular formula is C33H34F2N8O. The third-order valence-corrected chi connectivity index (χ3v) is 8.72. The van der Waals surface area contributed by atoms with Gasteiger partial charge in [0, 0.05) is 62.3 Å². The fourth-order valence-corrected chi connectivity index (χ4v) is 6.34. The first-order valence-electron chi connectivity index (χ1n) is 15.0. The molecule has 1 aliphatic carbocycles. The molecule has 2 aromatic carbocycles. The van der Waals surface area contributed by atoms with Crippen LogP contribution < -0.4 is 5.32 Å². The molecule has 2 fully saturated rings. The molecule has 1 amide bonds. The quantitative estimate of drug-likeness (QED) is 0.266. The van der Waals surface area contributed by atoms with E-state index in [-0.39, 0.29) is 24.3 Å². The third kappa shape index (κ3) is 5.55. The molecule has 0 unspecified atom stereocenters. The standard InChI is InChI=1S/C33H34F2N8O/c1-21-30(43(25-6-4-3-5-7-25)39-33(21)23-16-37-40(2)17-23)15-32(44)38-29-19-41(20-31-36-12-13-42(31)24-9-10-24)18-26(29)22-8-11-27(34)28(35)14-22/h3-8,11-14,16-17,24,26,29H,9-10,15,18-20H2,1-2H3,(H,38,44)/t26-,29+/m0/s1. The van der Waals surface area contributed by atoms with Gasteiger partial charge in [-0.3, -0.25) is 14.4 Å². The highest BCUT2D eigenvalue weighted by Gasteiger charge is 2.37. The Balaban J connectivity index is 1.16. The monoisotopic (exact) mass is 596 g/mol. The molecule has 3 aromatic heterocycles. The topological polar surface area (TPSA) is 85.8 Å². The molecular weight excluding hydrogens is 562 g/mol. The van der Waals surface area contributed by atoms with E-state index in [1.54, 1.807) is 16.9 Å². The van der Waals surface area contributed by atoms with E-state index in [4.69, 9.17) is 5.10 Å². The molecule has 11 heteroatoms. The molecule has 5 aromatic rings. The molecule has 1 aliphatic heterocycles. The largest absolute Gasteiger partial charge is 0.351 e. The van der Waals surface area contributed by atoms with Gasteiger partial charge < -0.3 is 9.88 Å². The molecule has 4 heterocycles. The van der Waals surface area contributed by atoms with Crippen molar-refractivity contribution in [2.45, 2.75) is 50.7 Å². The van der Waals surface area contributed by atoms with E-state index in [0.29, 0.717) is 31.2 Å². The van der Waals surface area contributed by atoms with Crippen molar-refractivity contribution >= 4 is 5.91 Å². The Morgan fingerprint density at radius 2 is 1.89 bits per heavy atom. The lowest BCUT2D eigenvalue weighted by atomic mass is 9.94. The molecule has 226 valence electrons. The van der Waals surface area contributed by atoms with Crippen LogP contribution in [0.3, 0.4) is 0 Å². The number of hydrogen-bond acceptors (Lipinski definition) is 5. The zero-order valence-corrected chi connectivity index (χ0v) is 24.7. The van der Waals surface area contributed by atoms with E-state index >= 15 is 0 Å². The van der Waals surface area contributed by atoms with E-state index in [0.717, 1.165) is 52.9 Å². The molecule has 1 saturated heterocycles. The number of carbonyl (C=O) groups excluding carboxylic acids is 1. The number of amides is 1. The van der Waals surface area contributed by atoms with Gasteiger partial charge in [0.15, 0.2) is 11.6 Å². The molecule has 0 radical (unpaired) electrons. The van der Waals surface area contributed by atoms with Crippen LogP contribution in [-0.2, 0) is 24.8 Å². The number of imidazole rings is 1. The van der Waals surface area contributed by atoms with Crippen molar-refractivity contribution in [2.24, 2.45) is 7.05 Å². The van der Waals surface area contributed by atoms with E-state index in [1.807, 2.05) is 67.6 Å². The molecule has 7 rings (SSSR count). The Bertz CT molecular complexity index is 1810. The fraction of sp³-hybridized carbons (Fsp3) is 0.333. The highest BCUT2D eigenvalue weighted by molar-refractivity contribution is 5.80. The third-order valence-electron chi connectivity index (χ3n) is 8.72. The van der Waals surface area contributed by atoms with Crippen molar-refractivity contribution in [3.63, 3.8) is 0 Å². The predicted molar refractivity (Wildman–Crippen MR) is 161 cm³/mol. The van der Waals surface area contributed by atoms with Gasteiger partial charge in [-0.1, -0.05) is 24.3 Å². The molecule has 0 spiro atoms. The number of para-hydroxylation sites is 1. The summed E-state index contributed by atoms with van der Waals surface area (Å²) in [6, 6.07) is 14.0. The highest BCUT2D eigenvalue weighted by atomic mass is 19.2. The number of nitrogens with one attached hydrogen (secondary N) is 1. The molecule has 2 atom stereocenters. The maximum absolute atomic E-state index is 14.3. The van der Waals surface area contributed by atoms with Crippen molar-refractivity contribution in [3.8, 4) is 16.9 Å². The minimum absolute atomic E-state index is 0.0983. The summed E-state index contributed by atoms with van der Waals surface area (Å²) >= 11 is 0. The summed E-state index contributed by atoms with van der Waals surface area (Å²) < 4.78 is 34.0. The van der Waals surface area contributed by atoms with Crippen LogP contribution in [0.4, 0.5) is 8.78 Å². The fourth-order valence-electron chi connectivity index (χ4n) is 6.34. The first kappa shape index (κ1) is 28.1. The minimum Gasteiger partial charge on any atom is -0.351 e. The average Bonchev–Trinajstić information content (AvgIpc) is 3.28. The van der Waals surface area contributed by atoms with Gasteiger partial charge in [-0.2, -0.15) is 10.2 Å². The molecule has 44 heavy (non-hydrogen) atoms. The van der Waals surface area contributed by atoms with Gasteiger partial charge in [0.1, 0.15) is 5.82 Å². The van der Waals surface area contributed by atoms with Crippen LogP contribution in [0.25, 0.3) is 16.9 Å². The van der Waals surface area contributed by atoms with Gasteiger partial charge in [-0.05, 0) is 55.2 Å². The van der Waals surface area contributed by atoms with E-state index in [9.17, 15) is 13.6 Å². The predicted octanol–water partition coefficient (Wildman–Crippen LogP) is 4.72. The maximum atomic E-state index is 14.3. The van der Waals surface area contributed by atoms with Crippen molar-refractivity contribution in [2.75, 3.05) is 13.1 Å². The zero-order chi connectivity index (χ0) is 30.4. The second kappa shape index (κ2) is 11.5. The van der Waals surface area contributed by atoms with E-state index in [1.165, 1.54) is 6.07 Å². The van der Waals surface area contributed by atoms with Gasteiger partial charge in [-0.15, -0.1) is 0 Å². The van der Waals surface area contributed by atoms with E-state index in [2.05, 4.69) is 24.9 Å². The molecule has 1 saturated carbocycles. The molecule has 1 N–H and O–H groups in total. The van der Waals surface area contributed by atoms with Crippen molar-refractivity contribution < 1.29 is 13.6 Å². The lowest BCUT2D eigenvalue weighted by Gasteiger charge is -2.21. The number of rotatable bonds is 9. The Morgan fingerprint density at radius 1 is 1.07 bits per heavy atom. The van der Waals surface area contributed by atoms with Gasteiger partial charge in [0.25, 0.3) is 0 Å². The number of halogens is 2. The Morgan fingerprint density at radius 3 is 2.61 bits per heavy atom. The van der Waals surface area contributed by atoms with Gasteiger partial charge in [0.05, 0.1) is 36.2 Å². The van der Waals surface area contributed by atoms with Crippen LogP contribution in [0.2, 0.25) is 0 Å². The Labute approximate surface area is 254 Å². The second-order valence-corrected chi connectivity index (χ2v) is 11.9. The summed E-state index contributed by atoms with van der Waals surface area (Å²) in [6.07, 6.45) is 9.93. The van der Waals surface area contributed by atoms with Crippen LogP contribution in [0.1, 0.15) is 47.4 Å². The summed E-state index contributed by atoms with van der Waals surface area (Å²) in [5.74, 6) is -1.18. The van der Waals surface area contributed by atoms with Crippen LogP contribution in [0, 0.1) is 18.6 Å². The number of aromatic nitrogens is 6. The number of carbonyl (C=O) groups is 1. The van der Waals surface area contributed by atoms with Crippen LogP contribution >= 0.6 is 0 Å². The van der Waals surface area contributed by atoms with Crippen LogP contribution in [0.5, 0.6) is 0 Å². The molecule has 9 nitrogen and oxygen atoms in total. The summed E-state index contributed by atoms with van der Waals surface area (Å²) in [5, 5.41) is 12.4. The zero-order valence-electron chi connectivity index (χ0n) is 24.7. The second-order valence-electron chi connectivity index (χ2n) is 11.9. The van der Waals surface area contributed by atoms with Crippen molar-refractivity contribution in [3.05, 3.63) is 108 Å². The first-order chi connectivity index (χ1) is 21.3. The summed E-state index contributed by atoms with van der Waals surface area (Å²) in [6.45, 7) is 3.73. The number of nitrogens with zero attached hydrogens (tertiary/aromatic N) is 7. The number of likely N-dealkylation sites (tertiary alicyclic amines) is 1.